The zero-order valence-electron chi connectivity index (χ0n) is 10.7. The van der Waals surface area contributed by atoms with Gasteiger partial charge in [0, 0.05) is 12.6 Å². The normalized spacial score (nSPS) is 20.9. The molecule has 16 heavy (non-hydrogen) atoms. The first kappa shape index (κ1) is 13.3. The van der Waals surface area contributed by atoms with Gasteiger partial charge < -0.3 is 9.64 Å². The van der Waals surface area contributed by atoms with Crippen LogP contribution in [0.4, 0.5) is 4.79 Å². The van der Waals surface area contributed by atoms with E-state index in [-0.39, 0.29) is 6.09 Å². The second-order valence-corrected chi connectivity index (χ2v) is 4.60. The highest BCUT2D eigenvalue weighted by Gasteiger charge is 2.26. The highest BCUT2D eigenvalue weighted by atomic mass is 16.6. The lowest BCUT2D eigenvalue weighted by molar-refractivity contribution is 0.0699. The van der Waals surface area contributed by atoms with Crippen LogP contribution >= 0.6 is 0 Å². The summed E-state index contributed by atoms with van der Waals surface area (Å²) in [5.41, 5.74) is 0. The number of hydrogen-bond donors (Lipinski definition) is 0. The Hall–Kier alpha value is -0.730. The predicted octanol–water partition coefficient (Wildman–Crippen LogP) is 3.58. The smallest absolute Gasteiger partial charge is 0.410 e. The van der Waals surface area contributed by atoms with Crippen molar-refractivity contribution in [3.8, 4) is 0 Å². The molecule has 0 aromatic rings. The van der Waals surface area contributed by atoms with Gasteiger partial charge in [-0.05, 0) is 32.1 Å². The van der Waals surface area contributed by atoms with Gasteiger partial charge in [0.25, 0.3) is 0 Å². The zero-order valence-corrected chi connectivity index (χ0v) is 10.7. The van der Waals surface area contributed by atoms with Crippen molar-refractivity contribution in [3.05, 3.63) is 0 Å². The van der Waals surface area contributed by atoms with Crippen molar-refractivity contribution < 1.29 is 9.53 Å². The molecule has 1 aliphatic rings. The van der Waals surface area contributed by atoms with E-state index in [9.17, 15) is 4.79 Å². The van der Waals surface area contributed by atoms with Gasteiger partial charge in [0.15, 0.2) is 0 Å². The Balaban J connectivity index is 2.37. The van der Waals surface area contributed by atoms with Gasteiger partial charge in [-0.3, -0.25) is 0 Å². The van der Waals surface area contributed by atoms with Crippen LogP contribution in [0.25, 0.3) is 0 Å². The van der Waals surface area contributed by atoms with E-state index in [1.807, 2.05) is 4.90 Å². The van der Waals surface area contributed by atoms with Crippen LogP contribution in [0.5, 0.6) is 0 Å². The van der Waals surface area contributed by atoms with E-state index in [0.717, 1.165) is 45.1 Å². The van der Waals surface area contributed by atoms with Gasteiger partial charge in [0.2, 0.25) is 0 Å². The highest BCUT2D eigenvalue weighted by molar-refractivity contribution is 5.68. The predicted molar refractivity (Wildman–Crippen MR) is 65.5 cm³/mol. The molecular weight excluding hydrogens is 202 g/mol. The maximum atomic E-state index is 11.9. The maximum Gasteiger partial charge on any atom is 0.410 e. The van der Waals surface area contributed by atoms with Gasteiger partial charge >= 0.3 is 6.09 Å². The molecule has 3 nitrogen and oxygen atoms in total. The molecule has 1 saturated heterocycles. The van der Waals surface area contributed by atoms with E-state index >= 15 is 0 Å². The van der Waals surface area contributed by atoms with Crippen molar-refractivity contribution in [3.63, 3.8) is 0 Å². The highest BCUT2D eigenvalue weighted by Crippen LogP contribution is 2.21. The van der Waals surface area contributed by atoms with Gasteiger partial charge in [-0.2, -0.15) is 0 Å². The average molecular weight is 227 g/mol. The van der Waals surface area contributed by atoms with Gasteiger partial charge in [0.05, 0.1) is 6.61 Å². The lowest BCUT2D eigenvalue weighted by Crippen LogP contribution is -2.44. The molecule has 0 saturated carbocycles. The number of carbonyl (C=O) groups is 1. The monoisotopic (exact) mass is 227 g/mol. The van der Waals surface area contributed by atoms with Crippen molar-refractivity contribution in [2.75, 3.05) is 13.2 Å². The lowest BCUT2D eigenvalue weighted by Gasteiger charge is -2.34. The first-order valence-electron chi connectivity index (χ1n) is 6.73. The number of rotatable bonds is 5. The minimum absolute atomic E-state index is 0.0911. The third kappa shape index (κ3) is 4.03. The molecule has 1 fully saturated rings. The third-order valence-corrected chi connectivity index (χ3v) is 3.21. The number of ether oxygens (including phenoxy) is 1. The molecule has 94 valence electrons. The van der Waals surface area contributed by atoms with Gasteiger partial charge in [-0.1, -0.05) is 26.7 Å². The number of hydrogen-bond acceptors (Lipinski definition) is 2. The Labute approximate surface area is 99.1 Å². The molecule has 3 heteroatoms. The molecule has 1 heterocycles. The molecule has 0 radical (unpaired) electrons. The fourth-order valence-corrected chi connectivity index (χ4v) is 2.26. The van der Waals surface area contributed by atoms with Crippen LogP contribution in [-0.4, -0.2) is 30.2 Å². The number of unbranched alkanes of at least 4 members (excludes halogenated alkanes) is 1. The Morgan fingerprint density at radius 1 is 1.31 bits per heavy atom. The van der Waals surface area contributed by atoms with E-state index < -0.39 is 0 Å². The Kier molecular flexibility index (Phi) is 6.27. The molecule has 0 unspecified atom stereocenters. The Morgan fingerprint density at radius 3 is 2.81 bits per heavy atom. The first-order valence-corrected chi connectivity index (χ1v) is 6.73. The number of carbonyl (C=O) groups excluding carboxylic acids is 1. The molecule has 0 aromatic heterocycles. The summed E-state index contributed by atoms with van der Waals surface area (Å²) in [6.45, 7) is 5.74. The summed E-state index contributed by atoms with van der Waals surface area (Å²) < 4.78 is 5.29. The molecule has 0 aromatic carbocycles. The average Bonchev–Trinajstić information content (AvgIpc) is 2.30. The van der Waals surface area contributed by atoms with Crippen LogP contribution < -0.4 is 0 Å². The standard InChI is InChI=1S/C13H25NO2/c1-3-5-11-16-13(15)14-10-7-6-9-12(14)8-4-2/h12H,3-11H2,1-2H3/t12-/m0/s1. The van der Waals surface area contributed by atoms with E-state index in [4.69, 9.17) is 4.74 Å². The molecule has 0 bridgehead atoms. The van der Waals surface area contributed by atoms with Gasteiger partial charge in [-0.15, -0.1) is 0 Å². The quantitative estimate of drug-likeness (QED) is 0.672. The summed E-state index contributed by atoms with van der Waals surface area (Å²) in [4.78, 5) is 13.8. The van der Waals surface area contributed by atoms with Crippen molar-refractivity contribution >= 4 is 6.09 Å². The Bertz CT molecular complexity index is 204. The molecule has 1 aliphatic heterocycles. The minimum Gasteiger partial charge on any atom is -0.449 e. The van der Waals surface area contributed by atoms with E-state index in [1.54, 1.807) is 0 Å². The second-order valence-electron chi connectivity index (χ2n) is 4.60. The van der Waals surface area contributed by atoms with Crippen LogP contribution in [0, 0.1) is 0 Å². The summed E-state index contributed by atoms with van der Waals surface area (Å²) in [5.74, 6) is 0. The molecule has 1 atom stereocenters. The summed E-state index contributed by atoms with van der Waals surface area (Å²) in [6, 6.07) is 0.424. The topological polar surface area (TPSA) is 29.5 Å². The van der Waals surface area contributed by atoms with Crippen LogP contribution in [-0.2, 0) is 4.74 Å². The molecule has 1 rings (SSSR count). The van der Waals surface area contributed by atoms with Crippen molar-refractivity contribution in [1.82, 2.24) is 4.90 Å². The molecule has 1 amide bonds. The van der Waals surface area contributed by atoms with Crippen LogP contribution in [0.1, 0.15) is 58.8 Å². The van der Waals surface area contributed by atoms with Crippen molar-refractivity contribution in [1.29, 1.82) is 0 Å². The van der Waals surface area contributed by atoms with Gasteiger partial charge in [-0.25, -0.2) is 4.79 Å². The largest absolute Gasteiger partial charge is 0.449 e. The summed E-state index contributed by atoms with van der Waals surface area (Å²) in [6.07, 6.45) is 7.74. The Morgan fingerprint density at radius 2 is 2.12 bits per heavy atom. The fourth-order valence-electron chi connectivity index (χ4n) is 2.26. The summed E-state index contributed by atoms with van der Waals surface area (Å²) in [7, 11) is 0. The first-order chi connectivity index (χ1) is 7.79. The number of nitrogens with zero attached hydrogens (tertiary/aromatic N) is 1. The summed E-state index contributed by atoms with van der Waals surface area (Å²) >= 11 is 0. The SMILES string of the molecule is CCCCOC(=O)N1CCCC[C@@H]1CCC. The van der Waals surface area contributed by atoms with E-state index in [2.05, 4.69) is 13.8 Å². The van der Waals surface area contributed by atoms with Crippen molar-refractivity contribution in [2.24, 2.45) is 0 Å². The molecule has 0 aliphatic carbocycles. The second kappa shape index (κ2) is 7.53. The minimum atomic E-state index is -0.0911. The van der Waals surface area contributed by atoms with Crippen LogP contribution in [0.2, 0.25) is 0 Å². The van der Waals surface area contributed by atoms with E-state index in [0.29, 0.717) is 12.6 Å². The zero-order chi connectivity index (χ0) is 11.8. The van der Waals surface area contributed by atoms with E-state index in [1.165, 1.54) is 6.42 Å². The molecule has 0 N–H and O–H groups in total. The number of likely N-dealkylation sites (tertiary alicyclic amines) is 1. The van der Waals surface area contributed by atoms with Crippen molar-refractivity contribution in [2.45, 2.75) is 64.8 Å². The molecular formula is C13H25NO2. The summed E-state index contributed by atoms with van der Waals surface area (Å²) in [5, 5.41) is 0. The third-order valence-electron chi connectivity index (χ3n) is 3.21. The lowest BCUT2D eigenvalue weighted by atomic mass is 9.99. The molecule has 0 spiro atoms. The van der Waals surface area contributed by atoms with Crippen LogP contribution in [0.3, 0.4) is 0 Å². The number of piperidine rings is 1. The number of amides is 1. The fraction of sp³-hybridized carbons (Fsp3) is 0.923. The van der Waals surface area contributed by atoms with Gasteiger partial charge in [0.1, 0.15) is 0 Å². The maximum absolute atomic E-state index is 11.9. The van der Waals surface area contributed by atoms with Crippen LogP contribution in [0.15, 0.2) is 0 Å².